The van der Waals surface area contributed by atoms with Gasteiger partial charge in [0.15, 0.2) is 0 Å². The summed E-state index contributed by atoms with van der Waals surface area (Å²) in [6.45, 7) is 4.76. The van der Waals surface area contributed by atoms with Crippen molar-refractivity contribution in [3.63, 3.8) is 0 Å². The lowest BCUT2D eigenvalue weighted by Crippen LogP contribution is -2.31. The van der Waals surface area contributed by atoms with Gasteiger partial charge in [-0.3, -0.25) is 9.59 Å². The standard InChI is InChI=1S/C29H37NO9.C22H25NO6.C21H23NO6/c1-34-29(33)21-38-18-16-36-14-12-30-27(31)20-37-17-15-35-13-6-11-28(32)39-19-26-24-9-4-2-7-22(24)23-8-3-5-10-25(23)26;1-26-21(24)15-28-13-12-27-11-10-23-22(25)29-14-20-18-8-4-2-6-16(18)17-7-3-5-9-19(17)20;23-20(24)14-27-12-11-26-10-9-22-21(25)28-13-19-17-7-3-1-5-15(17)16-6-2-4-8-18(16)19/h2-5,7-10,26H,6,11-21H2,1H3,(H,30,31);2-9,20H,10-15H2,1H3,(H,23,25);1-8,19H,9-14H2,(H,22,25)(H,23,24). The van der Waals surface area contributed by atoms with Crippen molar-refractivity contribution in [2.24, 2.45) is 0 Å². The average molecular weight is 1330 g/mol. The van der Waals surface area contributed by atoms with Crippen molar-refractivity contribution in [3.8, 4) is 33.4 Å². The van der Waals surface area contributed by atoms with Crippen molar-refractivity contribution in [2.75, 3.05) is 159 Å². The van der Waals surface area contributed by atoms with Gasteiger partial charge in [0.25, 0.3) is 0 Å². The fourth-order valence-corrected chi connectivity index (χ4v) is 10.7. The van der Waals surface area contributed by atoms with Crippen molar-refractivity contribution in [2.45, 2.75) is 30.6 Å². The van der Waals surface area contributed by atoms with E-state index in [4.69, 9.17) is 57.2 Å². The molecular formula is C72H85N3O21. The summed E-state index contributed by atoms with van der Waals surface area (Å²) >= 11 is 0. The lowest BCUT2D eigenvalue weighted by Gasteiger charge is -2.14. The number of alkyl carbamates (subject to hydrolysis) is 2. The first-order valence-corrected chi connectivity index (χ1v) is 31.7. The van der Waals surface area contributed by atoms with Gasteiger partial charge in [-0.2, -0.15) is 0 Å². The molecule has 96 heavy (non-hydrogen) atoms. The second-order valence-electron chi connectivity index (χ2n) is 21.6. The van der Waals surface area contributed by atoms with Crippen LogP contribution in [0.25, 0.3) is 33.4 Å². The van der Waals surface area contributed by atoms with E-state index in [1.807, 2.05) is 72.8 Å². The van der Waals surface area contributed by atoms with Gasteiger partial charge in [-0.05, 0) is 73.2 Å². The van der Waals surface area contributed by atoms with Crippen molar-refractivity contribution >= 4 is 42.0 Å². The van der Waals surface area contributed by atoms with Crippen LogP contribution in [0.5, 0.6) is 0 Å². The molecule has 24 heteroatoms. The topological polar surface area (TPSA) is 296 Å². The molecule has 4 N–H and O–H groups in total. The predicted molar refractivity (Wildman–Crippen MR) is 351 cm³/mol. The molecule has 3 aliphatic carbocycles. The summed E-state index contributed by atoms with van der Waals surface area (Å²) in [7, 11) is 2.59. The molecule has 0 bridgehead atoms. The summed E-state index contributed by atoms with van der Waals surface area (Å²) in [5.74, 6) is -2.27. The van der Waals surface area contributed by atoms with Crippen LogP contribution in [0.3, 0.4) is 0 Å². The number of nitrogens with one attached hydrogen (secondary N) is 3. The van der Waals surface area contributed by atoms with E-state index in [9.17, 15) is 33.6 Å². The number of amides is 3. The first kappa shape index (κ1) is 74.3. The number of carboxylic acids is 1. The minimum Gasteiger partial charge on any atom is -0.480 e. The van der Waals surface area contributed by atoms with Gasteiger partial charge in [0.1, 0.15) is 46.2 Å². The van der Waals surface area contributed by atoms with Crippen LogP contribution in [-0.2, 0) is 85.6 Å². The molecule has 0 aromatic heterocycles. The molecule has 0 unspecified atom stereocenters. The number of carboxylic acid groups (broad SMARTS) is 1. The maximum Gasteiger partial charge on any atom is 0.407 e. The maximum atomic E-state index is 12.3. The Morgan fingerprint density at radius 2 is 0.625 bits per heavy atom. The fourth-order valence-electron chi connectivity index (χ4n) is 10.7. The molecule has 0 spiro atoms. The number of methoxy groups -OCH3 is 2. The van der Waals surface area contributed by atoms with Crippen LogP contribution >= 0.6 is 0 Å². The quantitative estimate of drug-likeness (QED) is 0.0162. The van der Waals surface area contributed by atoms with Gasteiger partial charge < -0.3 is 82.6 Å². The van der Waals surface area contributed by atoms with Gasteiger partial charge >= 0.3 is 36.1 Å². The van der Waals surface area contributed by atoms with E-state index in [-0.39, 0.29) is 109 Å². The number of hydrogen-bond donors (Lipinski definition) is 4. The largest absolute Gasteiger partial charge is 0.480 e. The van der Waals surface area contributed by atoms with E-state index in [0.29, 0.717) is 78.9 Å². The van der Waals surface area contributed by atoms with Gasteiger partial charge in [-0.1, -0.05) is 146 Å². The zero-order chi connectivity index (χ0) is 68.0. The number of ether oxygens (including phenoxy) is 13. The number of benzene rings is 6. The third-order valence-corrected chi connectivity index (χ3v) is 15.2. The monoisotopic (exact) mass is 1330 g/mol. The number of carbonyl (C=O) groups is 7. The van der Waals surface area contributed by atoms with Crippen LogP contribution < -0.4 is 16.0 Å². The molecule has 514 valence electrons. The summed E-state index contributed by atoms with van der Waals surface area (Å²) in [5, 5.41) is 16.4. The van der Waals surface area contributed by atoms with E-state index in [1.54, 1.807) is 0 Å². The van der Waals surface area contributed by atoms with Gasteiger partial charge in [0.05, 0.1) is 86.9 Å². The molecular weight excluding hydrogens is 1240 g/mol. The first-order valence-electron chi connectivity index (χ1n) is 31.7. The maximum absolute atomic E-state index is 12.3. The zero-order valence-corrected chi connectivity index (χ0v) is 54.2. The van der Waals surface area contributed by atoms with Crippen LogP contribution in [0.4, 0.5) is 9.59 Å². The van der Waals surface area contributed by atoms with Gasteiger partial charge in [0, 0.05) is 50.4 Å². The highest BCUT2D eigenvalue weighted by atomic mass is 16.6. The Morgan fingerprint density at radius 3 is 0.969 bits per heavy atom. The Labute approximate surface area is 558 Å². The van der Waals surface area contributed by atoms with E-state index < -0.39 is 30.1 Å². The Bertz CT molecular complexity index is 3280. The Balaban J connectivity index is 0.000000207. The van der Waals surface area contributed by atoms with Crippen LogP contribution in [0.1, 0.15) is 64.0 Å². The van der Waals surface area contributed by atoms with Crippen LogP contribution in [-0.4, -0.2) is 206 Å². The SMILES string of the molecule is COC(=O)COCCOCCNC(=O)COCCOCCCC(=O)OCC1c2ccccc2-c2ccccc21.COC(=O)COCCOCCNC(=O)OCC1c2ccccc2-c2ccccc21.O=C(O)COCCOCCNC(=O)OCC1c2ccccc2-c2ccccc21. The highest BCUT2D eigenvalue weighted by Gasteiger charge is 2.32. The Hall–Kier alpha value is -9.11. The molecule has 6 aromatic carbocycles. The van der Waals surface area contributed by atoms with Crippen LogP contribution in [0, 0.1) is 0 Å². The summed E-state index contributed by atoms with van der Waals surface area (Å²) in [4.78, 5) is 80.0. The normalized spacial score (nSPS) is 12.1. The van der Waals surface area contributed by atoms with Gasteiger partial charge in [0.2, 0.25) is 5.91 Å². The fraction of sp³-hybridized carbons (Fsp3) is 0.403. The highest BCUT2D eigenvalue weighted by Crippen LogP contribution is 2.47. The molecule has 9 rings (SSSR count). The molecule has 0 saturated carbocycles. The number of fused-ring (bicyclic) bond motifs is 9. The minimum atomic E-state index is -1.02. The van der Waals surface area contributed by atoms with E-state index in [2.05, 4.69) is 98.2 Å². The van der Waals surface area contributed by atoms with Crippen molar-refractivity contribution in [1.29, 1.82) is 0 Å². The second-order valence-corrected chi connectivity index (χ2v) is 21.6. The van der Waals surface area contributed by atoms with Crippen LogP contribution in [0.15, 0.2) is 146 Å². The van der Waals surface area contributed by atoms with E-state index in [1.165, 1.54) is 81.0 Å². The number of esters is 3. The van der Waals surface area contributed by atoms with Crippen molar-refractivity contribution < 1.29 is 100 Å². The molecule has 0 saturated heterocycles. The number of rotatable bonds is 39. The number of aliphatic carboxylic acids is 1. The summed E-state index contributed by atoms with van der Waals surface area (Å²) in [6.07, 6.45) is -0.145. The molecule has 0 fully saturated rings. The molecule has 6 aromatic rings. The molecule has 24 nitrogen and oxygen atoms in total. The predicted octanol–water partition coefficient (Wildman–Crippen LogP) is 7.85. The third-order valence-electron chi connectivity index (χ3n) is 15.2. The molecule has 3 aliphatic rings. The Kier molecular flexibility index (Phi) is 32.8. The van der Waals surface area contributed by atoms with E-state index >= 15 is 0 Å². The summed E-state index contributed by atoms with van der Waals surface area (Å²) in [6, 6.07) is 49.2. The van der Waals surface area contributed by atoms with Gasteiger partial charge in [-0.25, -0.2) is 24.0 Å². The number of carbonyl (C=O) groups excluding carboxylic acids is 6. The Morgan fingerprint density at radius 1 is 0.333 bits per heavy atom. The van der Waals surface area contributed by atoms with E-state index in [0.717, 1.165) is 0 Å². The molecule has 0 atom stereocenters. The molecule has 0 aliphatic heterocycles. The molecule has 0 radical (unpaired) electrons. The van der Waals surface area contributed by atoms with Crippen molar-refractivity contribution in [3.05, 3.63) is 179 Å². The van der Waals surface area contributed by atoms with Gasteiger partial charge in [-0.15, -0.1) is 0 Å². The molecule has 0 heterocycles. The number of hydrogen-bond acceptors (Lipinski definition) is 20. The van der Waals surface area contributed by atoms with Crippen molar-refractivity contribution in [1.82, 2.24) is 16.0 Å². The lowest BCUT2D eigenvalue weighted by atomic mass is 9.98. The smallest absolute Gasteiger partial charge is 0.407 e. The zero-order valence-electron chi connectivity index (χ0n) is 54.2. The lowest BCUT2D eigenvalue weighted by molar-refractivity contribution is -0.147. The summed E-state index contributed by atoms with van der Waals surface area (Å²) < 4.78 is 66.9. The minimum absolute atomic E-state index is 0.0285. The second kappa shape index (κ2) is 42.4. The molecule has 3 amide bonds. The first-order chi connectivity index (χ1) is 47.0. The third kappa shape index (κ3) is 24.6. The highest BCUT2D eigenvalue weighted by molar-refractivity contribution is 5.82. The average Bonchev–Trinajstić information content (AvgIpc) is 1.64. The van der Waals surface area contributed by atoms with Crippen LogP contribution in [0.2, 0.25) is 0 Å². The summed E-state index contributed by atoms with van der Waals surface area (Å²) in [5.41, 5.74) is 14.2.